The van der Waals surface area contributed by atoms with Crippen molar-refractivity contribution >= 4 is 53.9 Å². The summed E-state index contributed by atoms with van der Waals surface area (Å²) in [6.07, 6.45) is 0. The molecule has 0 unspecified atom stereocenters. The lowest BCUT2D eigenvalue weighted by Crippen LogP contribution is -1.77. The highest BCUT2D eigenvalue weighted by atomic mass is 32.1. The van der Waals surface area contributed by atoms with E-state index in [2.05, 4.69) is 67.0 Å². The zero-order valence-electron chi connectivity index (χ0n) is 17.7. The van der Waals surface area contributed by atoms with Gasteiger partial charge in [0.15, 0.2) is 10.0 Å². The molecule has 0 bridgehead atoms. The lowest BCUT2D eigenvalue weighted by molar-refractivity contribution is 1.45. The van der Waals surface area contributed by atoms with Crippen LogP contribution in [0.2, 0.25) is 0 Å². The van der Waals surface area contributed by atoms with Crippen LogP contribution in [0.3, 0.4) is 0 Å². The van der Waals surface area contributed by atoms with Crippen LogP contribution in [-0.2, 0) is 0 Å². The smallest absolute Gasteiger partial charge is 0.168 e. The first kappa shape index (κ1) is 19.7. The molecular formula is C29H16N2S2. The average Bonchev–Trinajstić information content (AvgIpc) is 3.46. The van der Waals surface area contributed by atoms with E-state index in [0.717, 1.165) is 41.6 Å². The number of rotatable bonds is 0. The topological polar surface area (TPSA) is 25.8 Å². The number of fused-ring (bicyclic) bond motifs is 5. The number of benzene rings is 4. The molecule has 0 spiro atoms. The maximum atomic E-state index is 4.75. The second-order valence-electron chi connectivity index (χ2n) is 7.69. The van der Waals surface area contributed by atoms with Crippen LogP contribution in [0.4, 0.5) is 0 Å². The zero-order valence-corrected chi connectivity index (χ0v) is 19.3. The first-order valence-electron chi connectivity index (χ1n) is 10.5. The fourth-order valence-electron chi connectivity index (χ4n) is 3.69. The Balaban J connectivity index is 1.41. The van der Waals surface area contributed by atoms with Gasteiger partial charge in [-0.15, -0.1) is 22.7 Å². The number of hydrogen-bond donors (Lipinski definition) is 0. The summed E-state index contributed by atoms with van der Waals surface area (Å²) < 4.78 is 2.32. The minimum Gasteiger partial charge on any atom is -0.228 e. The van der Waals surface area contributed by atoms with E-state index in [1.807, 2.05) is 42.5 Å². The summed E-state index contributed by atoms with van der Waals surface area (Å²) in [7, 11) is 0. The molecule has 33 heavy (non-hydrogen) atoms. The second-order valence-corrected chi connectivity index (χ2v) is 9.69. The fourth-order valence-corrected chi connectivity index (χ4v) is 5.58. The standard InChI is InChI=1S/C29H16N2S2/c1-19-7-9-21(10-8-19)12-18-27-31-25-16-14-22-23(29(25)33-27)13-15-24-28(22)32-26(30-24)17-11-20-5-3-2-4-6-20/h2-10,13-16H,1H3. The van der Waals surface area contributed by atoms with E-state index in [9.17, 15) is 0 Å². The van der Waals surface area contributed by atoms with Crippen LogP contribution >= 0.6 is 22.7 Å². The van der Waals surface area contributed by atoms with Gasteiger partial charge in [0.05, 0.1) is 20.4 Å². The molecule has 0 atom stereocenters. The van der Waals surface area contributed by atoms with Gasteiger partial charge in [0.25, 0.3) is 0 Å². The van der Waals surface area contributed by atoms with Gasteiger partial charge in [-0.1, -0.05) is 59.9 Å². The number of thiazole rings is 2. The van der Waals surface area contributed by atoms with Crippen molar-refractivity contribution in [2.45, 2.75) is 6.92 Å². The Morgan fingerprint density at radius 3 is 1.61 bits per heavy atom. The Hall–Kier alpha value is -3.96. The number of nitrogens with zero attached hydrogens (tertiary/aromatic N) is 2. The number of aryl methyl sites for hydroxylation is 1. The van der Waals surface area contributed by atoms with Crippen molar-refractivity contribution in [3.8, 4) is 23.7 Å². The van der Waals surface area contributed by atoms with Gasteiger partial charge >= 0.3 is 0 Å². The largest absolute Gasteiger partial charge is 0.228 e. The Bertz CT molecular complexity index is 1770. The molecule has 0 saturated carbocycles. The number of hydrogen-bond acceptors (Lipinski definition) is 4. The molecule has 0 fully saturated rings. The Morgan fingerprint density at radius 2 is 1.06 bits per heavy atom. The summed E-state index contributed by atoms with van der Waals surface area (Å²) in [5.41, 5.74) is 5.19. The zero-order chi connectivity index (χ0) is 22.2. The van der Waals surface area contributed by atoms with Crippen LogP contribution in [0.15, 0.2) is 78.9 Å². The molecule has 0 radical (unpaired) electrons. The average molecular weight is 457 g/mol. The SMILES string of the molecule is Cc1ccc(C#Cc2nc3ccc4c(ccc5nc(C#Cc6ccccc6)sc54)c3s2)cc1. The molecule has 0 N–H and O–H groups in total. The Labute approximate surface area is 199 Å². The van der Waals surface area contributed by atoms with Crippen LogP contribution in [-0.4, -0.2) is 9.97 Å². The molecule has 0 aliphatic rings. The maximum Gasteiger partial charge on any atom is 0.168 e. The van der Waals surface area contributed by atoms with Crippen LogP contribution < -0.4 is 0 Å². The minimum absolute atomic E-state index is 0.829. The minimum atomic E-state index is 0.829. The van der Waals surface area contributed by atoms with Crippen LogP contribution in [0, 0.1) is 30.6 Å². The van der Waals surface area contributed by atoms with Crippen molar-refractivity contribution in [3.05, 3.63) is 106 Å². The van der Waals surface area contributed by atoms with E-state index in [1.165, 1.54) is 16.3 Å². The third-order valence-corrected chi connectivity index (χ3v) is 7.39. The molecule has 0 saturated heterocycles. The highest BCUT2D eigenvalue weighted by molar-refractivity contribution is 7.21. The molecule has 2 nitrogen and oxygen atoms in total. The Morgan fingerprint density at radius 1 is 0.545 bits per heavy atom. The van der Waals surface area contributed by atoms with Gasteiger partial charge in [0.1, 0.15) is 0 Å². The molecule has 2 aromatic heterocycles. The lowest BCUT2D eigenvalue weighted by Gasteiger charge is -1.99. The molecule has 0 aliphatic heterocycles. The van der Waals surface area contributed by atoms with Crippen molar-refractivity contribution in [2.75, 3.05) is 0 Å². The summed E-state index contributed by atoms with van der Waals surface area (Å²) in [4.78, 5) is 9.50. The summed E-state index contributed by atoms with van der Waals surface area (Å²) >= 11 is 3.29. The molecule has 4 aromatic carbocycles. The Kier molecular flexibility index (Phi) is 4.89. The van der Waals surface area contributed by atoms with Gasteiger partial charge in [0.2, 0.25) is 0 Å². The van der Waals surface area contributed by atoms with E-state index < -0.39 is 0 Å². The van der Waals surface area contributed by atoms with E-state index >= 15 is 0 Å². The van der Waals surface area contributed by atoms with Crippen LogP contribution in [0.5, 0.6) is 0 Å². The van der Waals surface area contributed by atoms with Crippen molar-refractivity contribution < 1.29 is 0 Å². The van der Waals surface area contributed by atoms with Gasteiger partial charge in [-0.05, 0) is 55.2 Å². The van der Waals surface area contributed by atoms with Gasteiger partial charge in [-0.3, -0.25) is 0 Å². The van der Waals surface area contributed by atoms with Crippen molar-refractivity contribution in [1.82, 2.24) is 9.97 Å². The quantitative estimate of drug-likeness (QED) is 0.227. The fraction of sp³-hybridized carbons (Fsp3) is 0.0345. The molecular weight excluding hydrogens is 440 g/mol. The number of aromatic nitrogens is 2. The molecule has 6 rings (SSSR count). The predicted molar refractivity (Wildman–Crippen MR) is 140 cm³/mol. The third kappa shape index (κ3) is 3.88. The molecule has 2 heterocycles. The lowest BCUT2D eigenvalue weighted by atomic mass is 10.1. The summed E-state index contributed by atoms with van der Waals surface area (Å²) in [6, 6.07) is 26.7. The summed E-state index contributed by atoms with van der Waals surface area (Å²) in [5, 5.41) is 4.03. The van der Waals surface area contributed by atoms with Gasteiger partial charge in [-0.25, -0.2) is 9.97 Å². The monoisotopic (exact) mass is 456 g/mol. The molecule has 6 aromatic rings. The van der Waals surface area contributed by atoms with E-state index in [0.29, 0.717) is 0 Å². The van der Waals surface area contributed by atoms with Gasteiger partial charge < -0.3 is 0 Å². The van der Waals surface area contributed by atoms with E-state index in [4.69, 9.17) is 9.97 Å². The molecule has 4 heteroatoms. The maximum absolute atomic E-state index is 4.75. The summed E-state index contributed by atoms with van der Waals surface area (Å²) in [6.45, 7) is 2.08. The summed E-state index contributed by atoms with van der Waals surface area (Å²) in [5.74, 6) is 12.9. The molecule has 0 amide bonds. The normalized spacial score (nSPS) is 10.7. The van der Waals surface area contributed by atoms with Crippen LogP contribution in [0.25, 0.3) is 31.2 Å². The van der Waals surface area contributed by atoms with Gasteiger partial charge in [-0.2, -0.15) is 0 Å². The third-order valence-electron chi connectivity index (χ3n) is 5.35. The first-order valence-corrected chi connectivity index (χ1v) is 12.1. The van der Waals surface area contributed by atoms with E-state index in [1.54, 1.807) is 22.7 Å². The highest BCUT2D eigenvalue weighted by Gasteiger charge is 2.11. The van der Waals surface area contributed by atoms with Crippen molar-refractivity contribution in [2.24, 2.45) is 0 Å². The predicted octanol–water partition coefficient (Wildman–Crippen LogP) is 7.17. The van der Waals surface area contributed by atoms with Crippen molar-refractivity contribution in [3.63, 3.8) is 0 Å². The van der Waals surface area contributed by atoms with Crippen molar-refractivity contribution in [1.29, 1.82) is 0 Å². The second kappa shape index (κ2) is 8.19. The first-order chi connectivity index (χ1) is 16.2. The molecule has 0 aliphatic carbocycles. The molecule has 154 valence electrons. The van der Waals surface area contributed by atoms with Gasteiger partial charge in [0, 0.05) is 21.9 Å². The van der Waals surface area contributed by atoms with E-state index in [-0.39, 0.29) is 0 Å². The highest BCUT2D eigenvalue weighted by Crippen LogP contribution is 2.36. The van der Waals surface area contributed by atoms with Crippen LogP contribution in [0.1, 0.15) is 26.7 Å².